The van der Waals surface area contributed by atoms with Gasteiger partial charge in [-0.05, 0) is 50.1 Å². The zero-order valence-corrected chi connectivity index (χ0v) is 22.6. The first kappa shape index (κ1) is 29.7. The number of amides is 1. The SMILES string of the molecule is Cc1ccc(S(=O)(=O)O)cc1.O=C(Oc1cccnc1)N1CCC(n2cc(-c3ccccc3C(F)(F)F)nn2)CC1. The molecule has 0 atom stereocenters. The topological polar surface area (TPSA) is 128 Å². The molecule has 0 aliphatic carbocycles. The van der Waals surface area contributed by atoms with Gasteiger partial charge in [0.25, 0.3) is 10.1 Å². The van der Waals surface area contributed by atoms with Crippen LogP contribution in [0.5, 0.6) is 5.75 Å². The number of nitrogens with zero attached hydrogens (tertiary/aromatic N) is 5. The predicted molar refractivity (Wildman–Crippen MR) is 142 cm³/mol. The third kappa shape index (κ3) is 7.89. The Kier molecular flexibility index (Phi) is 9.03. The second kappa shape index (κ2) is 12.5. The van der Waals surface area contributed by atoms with Crippen molar-refractivity contribution in [1.82, 2.24) is 24.9 Å². The number of piperidine rings is 1. The van der Waals surface area contributed by atoms with Crippen molar-refractivity contribution in [1.29, 1.82) is 0 Å². The molecular formula is C27H26F3N5O5S. The molecule has 1 saturated heterocycles. The van der Waals surface area contributed by atoms with Crippen LogP contribution in [-0.2, 0) is 16.3 Å². The highest BCUT2D eigenvalue weighted by atomic mass is 32.2. The van der Waals surface area contributed by atoms with E-state index in [0.29, 0.717) is 31.7 Å². The summed E-state index contributed by atoms with van der Waals surface area (Å²) in [6.07, 6.45) is 0.819. The van der Waals surface area contributed by atoms with Crippen molar-refractivity contribution < 1.29 is 35.7 Å². The molecule has 0 saturated carbocycles. The fourth-order valence-electron chi connectivity index (χ4n) is 4.13. The lowest BCUT2D eigenvalue weighted by Crippen LogP contribution is -2.40. The zero-order valence-electron chi connectivity index (χ0n) is 21.8. The smallest absolute Gasteiger partial charge is 0.409 e. The summed E-state index contributed by atoms with van der Waals surface area (Å²) in [6, 6.07) is 14.5. The molecule has 0 radical (unpaired) electrons. The summed E-state index contributed by atoms with van der Waals surface area (Å²) >= 11 is 0. The average Bonchev–Trinajstić information content (AvgIpc) is 3.44. The number of ether oxygens (including phenoxy) is 1. The lowest BCUT2D eigenvalue weighted by molar-refractivity contribution is -0.137. The molecule has 5 rings (SSSR count). The summed E-state index contributed by atoms with van der Waals surface area (Å²) in [4.78, 5) is 17.7. The molecule has 4 aromatic rings. The van der Waals surface area contributed by atoms with Crippen LogP contribution in [0, 0.1) is 6.92 Å². The van der Waals surface area contributed by atoms with Crippen molar-refractivity contribution in [3.05, 3.63) is 90.4 Å². The predicted octanol–water partition coefficient (Wildman–Crippen LogP) is 5.44. The van der Waals surface area contributed by atoms with Gasteiger partial charge in [-0.15, -0.1) is 5.10 Å². The van der Waals surface area contributed by atoms with Gasteiger partial charge in [0.2, 0.25) is 0 Å². The number of aryl methyl sites for hydroxylation is 1. The summed E-state index contributed by atoms with van der Waals surface area (Å²) in [7, 11) is -4.02. The van der Waals surface area contributed by atoms with Crippen LogP contribution in [-0.4, -0.2) is 57.0 Å². The van der Waals surface area contributed by atoms with E-state index in [1.54, 1.807) is 40.0 Å². The third-order valence-corrected chi connectivity index (χ3v) is 7.14. The second-order valence-corrected chi connectivity index (χ2v) is 10.6. The van der Waals surface area contributed by atoms with E-state index in [1.165, 1.54) is 42.7 Å². The van der Waals surface area contributed by atoms with Crippen LogP contribution < -0.4 is 4.74 Å². The first-order valence-corrected chi connectivity index (χ1v) is 13.8. The van der Waals surface area contributed by atoms with Crippen LogP contribution in [0.25, 0.3) is 11.3 Å². The zero-order chi connectivity index (χ0) is 29.6. The number of carbonyl (C=O) groups is 1. The number of pyridine rings is 1. The molecule has 1 aliphatic rings. The van der Waals surface area contributed by atoms with Crippen molar-refractivity contribution in [2.24, 2.45) is 0 Å². The Morgan fingerprint density at radius 1 is 1.02 bits per heavy atom. The molecule has 0 bridgehead atoms. The highest BCUT2D eigenvalue weighted by molar-refractivity contribution is 7.85. The molecule has 2 aromatic heterocycles. The van der Waals surface area contributed by atoms with Crippen LogP contribution in [0.2, 0.25) is 0 Å². The molecule has 0 spiro atoms. The van der Waals surface area contributed by atoms with Crippen LogP contribution >= 0.6 is 0 Å². The number of likely N-dealkylation sites (tertiary alicyclic amines) is 1. The first-order chi connectivity index (χ1) is 19.4. The van der Waals surface area contributed by atoms with E-state index in [2.05, 4.69) is 15.3 Å². The maximum absolute atomic E-state index is 13.3. The van der Waals surface area contributed by atoms with Gasteiger partial charge in [0.05, 0.1) is 28.9 Å². The fraction of sp³-hybridized carbons (Fsp3) is 0.259. The number of rotatable bonds is 4. The third-order valence-electron chi connectivity index (χ3n) is 6.27. The number of alkyl halides is 3. The largest absolute Gasteiger partial charge is 0.417 e. The summed E-state index contributed by atoms with van der Waals surface area (Å²) in [5.74, 6) is 0.369. The summed E-state index contributed by atoms with van der Waals surface area (Å²) < 4.78 is 76.2. The Morgan fingerprint density at radius 2 is 1.71 bits per heavy atom. The van der Waals surface area contributed by atoms with E-state index >= 15 is 0 Å². The Balaban J connectivity index is 0.000000296. The summed E-state index contributed by atoms with van der Waals surface area (Å²) in [5, 5.41) is 7.98. The molecule has 2 aromatic carbocycles. The second-order valence-electron chi connectivity index (χ2n) is 9.19. The normalized spacial score (nSPS) is 14.2. The van der Waals surface area contributed by atoms with E-state index in [4.69, 9.17) is 9.29 Å². The lowest BCUT2D eigenvalue weighted by Gasteiger charge is -2.30. The molecular weight excluding hydrogens is 563 g/mol. The highest BCUT2D eigenvalue weighted by Gasteiger charge is 2.34. The van der Waals surface area contributed by atoms with Gasteiger partial charge in [-0.25, -0.2) is 9.48 Å². The molecule has 1 aliphatic heterocycles. The Hall–Kier alpha value is -4.30. The lowest BCUT2D eigenvalue weighted by atomic mass is 10.0. The van der Waals surface area contributed by atoms with E-state index < -0.39 is 28.0 Å². The standard InChI is InChI=1S/C20H18F3N5O2.C7H8O3S/c21-20(22,23)17-6-2-1-5-16(17)18-13-28(26-25-18)14-7-10-27(11-8-14)19(29)30-15-4-3-9-24-12-15;1-6-2-4-7(5-3-6)11(8,9)10/h1-6,9,12-14H,7-8,10-11H2;2-5H,1H3,(H,8,9,10). The molecule has 0 unspecified atom stereocenters. The van der Waals surface area contributed by atoms with Gasteiger partial charge in [0.15, 0.2) is 5.75 Å². The van der Waals surface area contributed by atoms with Crippen LogP contribution in [0.4, 0.5) is 18.0 Å². The van der Waals surface area contributed by atoms with Crippen molar-refractivity contribution in [2.45, 2.75) is 36.9 Å². The average molecular weight is 590 g/mol. The number of carbonyl (C=O) groups excluding carboxylic acids is 1. The monoisotopic (exact) mass is 589 g/mol. The maximum Gasteiger partial charge on any atom is 0.417 e. The van der Waals surface area contributed by atoms with Gasteiger partial charge < -0.3 is 9.64 Å². The van der Waals surface area contributed by atoms with Gasteiger partial charge in [-0.3, -0.25) is 9.54 Å². The highest BCUT2D eigenvalue weighted by Crippen LogP contribution is 2.36. The Labute approximate surface area is 234 Å². The quantitative estimate of drug-likeness (QED) is 0.312. The van der Waals surface area contributed by atoms with Gasteiger partial charge in [0.1, 0.15) is 5.69 Å². The van der Waals surface area contributed by atoms with Crippen molar-refractivity contribution in [3.63, 3.8) is 0 Å². The minimum absolute atomic E-state index is 0.00580. The number of aromatic nitrogens is 4. The molecule has 14 heteroatoms. The fourth-order valence-corrected chi connectivity index (χ4v) is 4.61. The van der Waals surface area contributed by atoms with E-state index in [-0.39, 0.29) is 22.2 Å². The van der Waals surface area contributed by atoms with E-state index in [0.717, 1.165) is 11.6 Å². The van der Waals surface area contributed by atoms with Crippen LogP contribution in [0.3, 0.4) is 0 Å². The van der Waals surface area contributed by atoms with Crippen molar-refractivity contribution in [2.75, 3.05) is 13.1 Å². The Morgan fingerprint density at radius 3 is 2.32 bits per heavy atom. The number of halogens is 3. The first-order valence-electron chi connectivity index (χ1n) is 12.4. The number of hydrogen-bond acceptors (Lipinski definition) is 7. The van der Waals surface area contributed by atoms with Crippen LogP contribution in [0.15, 0.2) is 84.1 Å². The molecule has 1 fully saturated rings. The maximum atomic E-state index is 13.3. The number of benzene rings is 2. The minimum atomic E-state index is -4.47. The number of hydrogen-bond donors (Lipinski definition) is 1. The summed E-state index contributed by atoms with van der Waals surface area (Å²) in [5.41, 5.74) is 0.373. The molecule has 41 heavy (non-hydrogen) atoms. The molecule has 10 nitrogen and oxygen atoms in total. The van der Waals surface area contributed by atoms with E-state index in [1.807, 2.05) is 6.92 Å². The molecule has 1 N–H and O–H groups in total. The van der Waals surface area contributed by atoms with Gasteiger partial charge >= 0.3 is 12.3 Å². The molecule has 3 heterocycles. The van der Waals surface area contributed by atoms with Crippen molar-refractivity contribution in [3.8, 4) is 17.0 Å². The molecule has 216 valence electrons. The van der Waals surface area contributed by atoms with Crippen molar-refractivity contribution >= 4 is 16.2 Å². The molecule has 1 amide bonds. The van der Waals surface area contributed by atoms with Gasteiger partial charge in [-0.2, -0.15) is 21.6 Å². The van der Waals surface area contributed by atoms with Gasteiger partial charge in [0, 0.05) is 24.8 Å². The summed E-state index contributed by atoms with van der Waals surface area (Å²) in [6.45, 7) is 2.73. The van der Waals surface area contributed by atoms with Crippen LogP contribution in [0.1, 0.15) is 30.0 Å². The van der Waals surface area contributed by atoms with Gasteiger partial charge in [-0.1, -0.05) is 41.1 Å². The Bertz CT molecular complexity index is 1570. The minimum Gasteiger partial charge on any atom is -0.409 e. The van der Waals surface area contributed by atoms with E-state index in [9.17, 15) is 26.4 Å².